The standard InChI is InChI=1S/C17H16N2O2/c20-16-11-6-12-19(16)15-10-5-4-9-14(15)17(18-21)13-7-2-1-3-8-13/h1-5,7-10,21H,6,11-12H2/b18-17-. The van der Waals surface area contributed by atoms with Gasteiger partial charge in [0.25, 0.3) is 0 Å². The lowest BCUT2D eigenvalue weighted by Gasteiger charge is -2.20. The molecule has 21 heavy (non-hydrogen) atoms. The van der Waals surface area contributed by atoms with Crippen molar-refractivity contribution in [3.63, 3.8) is 0 Å². The van der Waals surface area contributed by atoms with E-state index in [4.69, 9.17) is 0 Å². The van der Waals surface area contributed by atoms with Crippen molar-refractivity contribution < 1.29 is 10.0 Å². The number of carbonyl (C=O) groups excluding carboxylic acids is 1. The van der Waals surface area contributed by atoms with Gasteiger partial charge >= 0.3 is 0 Å². The highest BCUT2D eigenvalue weighted by Crippen LogP contribution is 2.27. The van der Waals surface area contributed by atoms with Gasteiger partial charge in [-0.2, -0.15) is 0 Å². The van der Waals surface area contributed by atoms with Crippen LogP contribution in [0.3, 0.4) is 0 Å². The van der Waals surface area contributed by atoms with Gasteiger partial charge in [0.05, 0.1) is 5.69 Å². The number of hydrogen-bond donors (Lipinski definition) is 1. The van der Waals surface area contributed by atoms with Crippen LogP contribution in [0.15, 0.2) is 59.8 Å². The number of para-hydroxylation sites is 1. The van der Waals surface area contributed by atoms with E-state index in [0.717, 1.165) is 23.2 Å². The van der Waals surface area contributed by atoms with Crippen molar-refractivity contribution in [3.8, 4) is 0 Å². The highest BCUT2D eigenvalue weighted by atomic mass is 16.4. The van der Waals surface area contributed by atoms with E-state index >= 15 is 0 Å². The first-order valence-corrected chi connectivity index (χ1v) is 6.98. The molecule has 0 bridgehead atoms. The molecule has 0 atom stereocenters. The van der Waals surface area contributed by atoms with E-state index in [2.05, 4.69) is 5.16 Å². The van der Waals surface area contributed by atoms with Gasteiger partial charge in [-0.15, -0.1) is 0 Å². The zero-order valence-electron chi connectivity index (χ0n) is 11.6. The summed E-state index contributed by atoms with van der Waals surface area (Å²) >= 11 is 0. The first-order valence-electron chi connectivity index (χ1n) is 6.98. The number of rotatable bonds is 3. The summed E-state index contributed by atoms with van der Waals surface area (Å²) in [7, 11) is 0. The van der Waals surface area contributed by atoms with Crippen LogP contribution in [-0.2, 0) is 4.79 Å². The monoisotopic (exact) mass is 280 g/mol. The maximum Gasteiger partial charge on any atom is 0.227 e. The number of oxime groups is 1. The molecule has 1 amide bonds. The predicted molar refractivity (Wildman–Crippen MR) is 81.9 cm³/mol. The van der Waals surface area contributed by atoms with Crippen LogP contribution in [0.2, 0.25) is 0 Å². The molecule has 0 saturated carbocycles. The largest absolute Gasteiger partial charge is 0.410 e. The molecule has 4 heteroatoms. The van der Waals surface area contributed by atoms with Gasteiger partial charge in [0.1, 0.15) is 5.71 Å². The average molecular weight is 280 g/mol. The first kappa shape index (κ1) is 13.4. The Hall–Kier alpha value is -2.62. The lowest BCUT2D eigenvalue weighted by Crippen LogP contribution is -2.26. The lowest BCUT2D eigenvalue weighted by molar-refractivity contribution is -0.117. The van der Waals surface area contributed by atoms with Gasteiger partial charge in [-0.3, -0.25) is 4.79 Å². The third kappa shape index (κ3) is 2.52. The Kier molecular flexibility index (Phi) is 3.69. The summed E-state index contributed by atoms with van der Waals surface area (Å²) in [5.74, 6) is 0.118. The molecule has 0 aliphatic carbocycles. The van der Waals surface area contributed by atoms with Crippen molar-refractivity contribution in [1.29, 1.82) is 0 Å². The Morgan fingerprint density at radius 3 is 2.43 bits per heavy atom. The summed E-state index contributed by atoms with van der Waals surface area (Å²) in [5.41, 5.74) is 2.86. The van der Waals surface area contributed by atoms with Crippen molar-refractivity contribution in [2.75, 3.05) is 11.4 Å². The fourth-order valence-electron chi connectivity index (χ4n) is 2.68. The average Bonchev–Trinajstić information content (AvgIpc) is 2.96. The second-order valence-electron chi connectivity index (χ2n) is 4.98. The van der Waals surface area contributed by atoms with Crippen LogP contribution in [0.25, 0.3) is 0 Å². The van der Waals surface area contributed by atoms with Gasteiger partial charge in [0, 0.05) is 24.1 Å². The highest BCUT2D eigenvalue weighted by Gasteiger charge is 2.25. The lowest BCUT2D eigenvalue weighted by atomic mass is 10.0. The molecule has 1 saturated heterocycles. The van der Waals surface area contributed by atoms with E-state index in [1.165, 1.54) is 0 Å². The van der Waals surface area contributed by atoms with Crippen LogP contribution < -0.4 is 4.90 Å². The SMILES string of the molecule is O=C1CCCN1c1ccccc1/C(=N\O)c1ccccc1. The molecular weight excluding hydrogens is 264 g/mol. The van der Waals surface area contributed by atoms with Crippen LogP contribution in [0.5, 0.6) is 0 Å². The Labute approximate surface area is 123 Å². The van der Waals surface area contributed by atoms with Crippen molar-refractivity contribution in [2.45, 2.75) is 12.8 Å². The Balaban J connectivity index is 2.08. The maximum absolute atomic E-state index is 12.0. The van der Waals surface area contributed by atoms with Crippen molar-refractivity contribution in [1.82, 2.24) is 0 Å². The number of nitrogens with zero attached hydrogens (tertiary/aromatic N) is 2. The minimum Gasteiger partial charge on any atom is -0.410 e. The third-order valence-corrected chi connectivity index (χ3v) is 3.67. The molecule has 4 nitrogen and oxygen atoms in total. The molecule has 0 spiro atoms. The maximum atomic E-state index is 12.0. The van der Waals surface area contributed by atoms with Gasteiger partial charge in [-0.1, -0.05) is 53.7 Å². The summed E-state index contributed by atoms with van der Waals surface area (Å²) in [6, 6.07) is 17.0. The van der Waals surface area contributed by atoms with Crippen molar-refractivity contribution >= 4 is 17.3 Å². The van der Waals surface area contributed by atoms with Crippen LogP contribution in [0, 0.1) is 0 Å². The van der Waals surface area contributed by atoms with E-state index in [0.29, 0.717) is 18.7 Å². The summed E-state index contributed by atoms with van der Waals surface area (Å²) in [5, 5.41) is 12.9. The number of benzene rings is 2. The molecule has 3 rings (SSSR count). The van der Waals surface area contributed by atoms with E-state index in [9.17, 15) is 10.0 Å². The van der Waals surface area contributed by atoms with E-state index in [1.54, 1.807) is 4.90 Å². The minimum atomic E-state index is 0.118. The highest BCUT2D eigenvalue weighted by molar-refractivity contribution is 6.17. The van der Waals surface area contributed by atoms with Crippen LogP contribution in [-0.4, -0.2) is 23.4 Å². The number of hydrogen-bond acceptors (Lipinski definition) is 3. The Bertz CT molecular complexity index is 680. The Morgan fingerprint density at radius 2 is 1.76 bits per heavy atom. The zero-order chi connectivity index (χ0) is 14.7. The molecule has 106 valence electrons. The van der Waals surface area contributed by atoms with Gasteiger partial charge in [-0.25, -0.2) is 0 Å². The topological polar surface area (TPSA) is 52.9 Å². The number of carbonyl (C=O) groups is 1. The third-order valence-electron chi connectivity index (χ3n) is 3.67. The summed E-state index contributed by atoms with van der Waals surface area (Å²) in [4.78, 5) is 13.8. The molecule has 1 N–H and O–H groups in total. The smallest absolute Gasteiger partial charge is 0.227 e. The second-order valence-corrected chi connectivity index (χ2v) is 4.98. The fourth-order valence-corrected chi connectivity index (χ4v) is 2.68. The van der Waals surface area contributed by atoms with Gasteiger partial charge in [0.15, 0.2) is 0 Å². The zero-order valence-corrected chi connectivity index (χ0v) is 11.6. The molecule has 1 aliphatic rings. The van der Waals surface area contributed by atoms with Crippen molar-refractivity contribution in [3.05, 3.63) is 65.7 Å². The second kappa shape index (κ2) is 5.79. The predicted octanol–water partition coefficient (Wildman–Crippen LogP) is 3.04. The van der Waals surface area contributed by atoms with Crippen LogP contribution in [0.1, 0.15) is 24.0 Å². The quantitative estimate of drug-likeness (QED) is 0.534. The van der Waals surface area contributed by atoms with E-state index < -0.39 is 0 Å². The van der Waals surface area contributed by atoms with Gasteiger partial charge in [0.2, 0.25) is 5.91 Å². The molecule has 1 heterocycles. The molecule has 2 aromatic carbocycles. The molecule has 0 radical (unpaired) electrons. The van der Waals surface area contributed by atoms with Crippen LogP contribution in [0.4, 0.5) is 5.69 Å². The van der Waals surface area contributed by atoms with Crippen molar-refractivity contribution in [2.24, 2.45) is 5.16 Å². The van der Waals surface area contributed by atoms with E-state index in [-0.39, 0.29) is 5.91 Å². The summed E-state index contributed by atoms with van der Waals surface area (Å²) in [6.07, 6.45) is 1.44. The molecule has 0 unspecified atom stereocenters. The summed E-state index contributed by atoms with van der Waals surface area (Å²) < 4.78 is 0. The fraction of sp³-hybridized carbons (Fsp3) is 0.176. The molecule has 1 fully saturated rings. The molecule has 1 aliphatic heterocycles. The molecular formula is C17H16N2O2. The van der Waals surface area contributed by atoms with E-state index in [1.807, 2.05) is 54.6 Å². The number of anilines is 1. The van der Waals surface area contributed by atoms with Gasteiger partial charge in [-0.05, 0) is 12.5 Å². The van der Waals surface area contributed by atoms with Crippen LogP contribution >= 0.6 is 0 Å². The number of amides is 1. The molecule has 2 aromatic rings. The normalized spacial score (nSPS) is 15.5. The minimum absolute atomic E-state index is 0.118. The molecule has 0 aromatic heterocycles. The van der Waals surface area contributed by atoms with Gasteiger partial charge < -0.3 is 10.1 Å². The first-order chi connectivity index (χ1) is 10.3. The summed E-state index contributed by atoms with van der Waals surface area (Å²) in [6.45, 7) is 0.712. The Morgan fingerprint density at radius 1 is 1.05 bits per heavy atom.